The Morgan fingerprint density at radius 2 is 2.20 bits per heavy atom. The summed E-state index contributed by atoms with van der Waals surface area (Å²) in [6.45, 7) is 4.06. The zero-order chi connectivity index (χ0) is 15.0. The van der Waals surface area contributed by atoms with Crippen LogP contribution in [0.15, 0.2) is 4.34 Å². The number of nitrogens with one attached hydrogen (secondary N) is 1. The molecule has 7 nitrogen and oxygen atoms in total. The van der Waals surface area contributed by atoms with Crippen molar-refractivity contribution in [1.82, 2.24) is 10.2 Å². The molecule has 112 valence electrons. The van der Waals surface area contributed by atoms with Crippen molar-refractivity contribution < 1.29 is 14.3 Å². The largest absolute Gasteiger partial charge is 0.465 e. The molecule has 0 bridgehead atoms. The van der Waals surface area contributed by atoms with Crippen molar-refractivity contribution in [3.05, 3.63) is 0 Å². The van der Waals surface area contributed by atoms with Gasteiger partial charge in [0, 0.05) is 0 Å². The number of carbonyl (C=O) groups excluding carboxylic acids is 2. The number of carbonyl (C=O) groups is 2. The van der Waals surface area contributed by atoms with Gasteiger partial charge in [0.25, 0.3) is 0 Å². The number of amides is 1. The molecule has 1 amide bonds. The van der Waals surface area contributed by atoms with Gasteiger partial charge in [0.15, 0.2) is 4.34 Å². The fraction of sp³-hybridized carbons (Fsp3) is 0.636. The highest BCUT2D eigenvalue weighted by Crippen LogP contribution is 2.25. The van der Waals surface area contributed by atoms with E-state index in [4.69, 9.17) is 10.5 Å². The van der Waals surface area contributed by atoms with Gasteiger partial charge in [0.2, 0.25) is 11.0 Å². The maximum absolute atomic E-state index is 11.7. The monoisotopic (exact) mass is 318 g/mol. The molecule has 0 saturated carbocycles. The summed E-state index contributed by atoms with van der Waals surface area (Å²) in [5, 5.41) is 10.7. The lowest BCUT2D eigenvalue weighted by molar-refractivity contribution is -0.139. The molecular weight excluding hydrogens is 300 g/mol. The van der Waals surface area contributed by atoms with Gasteiger partial charge in [0.05, 0.1) is 18.4 Å². The van der Waals surface area contributed by atoms with Gasteiger partial charge in [-0.25, -0.2) is 0 Å². The van der Waals surface area contributed by atoms with E-state index in [1.165, 1.54) is 23.1 Å². The summed E-state index contributed by atoms with van der Waals surface area (Å²) in [4.78, 5) is 22.9. The third kappa shape index (κ3) is 5.85. The zero-order valence-electron chi connectivity index (χ0n) is 11.4. The molecule has 1 aromatic heterocycles. The third-order valence-electron chi connectivity index (χ3n) is 2.19. The van der Waals surface area contributed by atoms with Gasteiger partial charge < -0.3 is 10.5 Å². The van der Waals surface area contributed by atoms with E-state index < -0.39 is 6.04 Å². The number of anilines is 1. The fourth-order valence-corrected chi connectivity index (χ4v) is 2.83. The van der Waals surface area contributed by atoms with Crippen LogP contribution in [0.1, 0.15) is 26.7 Å². The zero-order valence-corrected chi connectivity index (χ0v) is 13.1. The molecule has 1 aromatic rings. The van der Waals surface area contributed by atoms with E-state index in [0.29, 0.717) is 22.5 Å². The first-order valence-corrected chi connectivity index (χ1v) is 8.05. The van der Waals surface area contributed by atoms with Crippen LogP contribution in [0.3, 0.4) is 0 Å². The summed E-state index contributed by atoms with van der Waals surface area (Å²) in [5.74, 6) is -0.403. The molecule has 0 aromatic carbocycles. The number of ether oxygens (including phenoxy) is 1. The molecule has 0 fully saturated rings. The van der Waals surface area contributed by atoms with E-state index in [1.54, 1.807) is 6.92 Å². The number of hydrogen-bond acceptors (Lipinski definition) is 8. The molecule has 20 heavy (non-hydrogen) atoms. The highest BCUT2D eigenvalue weighted by atomic mass is 32.2. The summed E-state index contributed by atoms with van der Waals surface area (Å²) >= 11 is 2.43. The number of nitrogens with two attached hydrogens (primary N) is 1. The minimum absolute atomic E-state index is 0.172. The maximum Gasteiger partial charge on any atom is 0.316 e. The molecule has 3 N–H and O–H groups in total. The molecule has 0 aliphatic carbocycles. The van der Waals surface area contributed by atoms with Gasteiger partial charge in [-0.3, -0.25) is 14.9 Å². The van der Waals surface area contributed by atoms with Crippen LogP contribution in [-0.4, -0.2) is 40.5 Å². The van der Waals surface area contributed by atoms with Crippen LogP contribution in [0.4, 0.5) is 5.13 Å². The summed E-state index contributed by atoms with van der Waals surface area (Å²) in [5.41, 5.74) is 5.69. The van der Waals surface area contributed by atoms with E-state index >= 15 is 0 Å². The molecule has 0 aliphatic heterocycles. The summed E-state index contributed by atoms with van der Waals surface area (Å²) in [7, 11) is 0. The normalized spacial score (nSPS) is 11.9. The van der Waals surface area contributed by atoms with Crippen molar-refractivity contribution in [3.8, 4) is 0 Å². The molecule has 0 aliphatic rings. The van der Waals surface area contributed by atoms with Crippen LogP contribution in [0.5, 0.6) is 0 Å². The van der Waals surface area contributed by atoms with Crippen LogP contribution >= 0.6 is 23.1 Å². The number of nitrogens with zero attached hydrogens (tertiary/aromatic N) is 2. The number of esters is 1. The lowest BCUT2D eigenvalue weighted by Gasteiger charge is -2.08. The summed E-state index contributed by atoms with van der Waals surface area (Å²) in [6.07, 6.45) is 1.46. The van der Waals surface area contributed by atoms with Crippen LogP contribution in [0.25, 0.3) is 0 Å². The minimum Gasteiger partial charge on any atom is -0.465 e. The van der Waals surface area contributed by atoms with Crippen molar-refractivity contribution in [2.45, 2.75) is 37.1 Å². The molecule has 1 rings (SSSR count). The Morgan fingerprint density at radius 1 is 1.45 bits per heavy atom. The van der Waals surface area contributed by atoms with E-state index in [1.807, 2.05) is 6.92 Å². The van der Waals surface area contributed by atoms with E-state index in [-0.39, 0.29) is 17.6 Å². The quantitative estimate of drug-likeness (QED) is 0.422. The van der Waals surface area contributed by atoms with E-state index in [2.05, 4.69) is 15.5 Å². The maximum atomic E-state index is 11.7. The van der Waals surface area contributed by atoms with Gasteiger partial charge in [-0.05, 0) is 13.3 Å². The van der Waals surface area contributed by atoms with Gasteiger partial charge >= 0.3 is 5.97 Å². The van der Waals surface area contributed by atoms with Crippen molar-refractivity contribution in [2.75, 3.05) is 17.7 Å². The van der Waals surface area contributed by atoms with Crippen molar-refractivity contribution in [2.24, 2.45) is 5.73 Å². The number of rotatable bonds is 8. The highest BCUT2D eigenvalue weighted by Gasteiger charge is 2.15. The first kappa shape index (κ1) is 16.9. The fourth-order valence-electron chi connectivity index (χ4n) is 1.28. The smallest absolute Gasteiger partial charge is 0.316 e. The van der Waals surface area contributed by atoms with E-state index in [9.17, 15) is 9.59 Å². The molecule has 1 heterocycles. The van der Waals surface area contributed by atoms with E-state index in [0.717, 1.165) is 6.42 Å². The summed E-state index contributed by atoms with van der Waals surface area (Å²) < 4.78 is 5.40. The Hall–Kier alpha value is -1.19. The van der Waals surface area contributed by atoms with Gasteiger partial charge in [-0.2, -0.15) is 0 Å². The Kier molecular flexibility index (Phi) is 7.48. The second-order valence-electron chi connectivity index (χ2n) is 3.85. The lowest BCUT2D eigenvalue weighted by atomic mass is 10.2. The Morgan fingerprint density at radius 3 is 2.85 bits per heavy atom. The molecule has 1 unspecified atom stereocenters. The Bertz CT molecular complexity index is 453. The predicted octanol–water partition coefficient (Wildman–Crippen LogP) is 1.26. The molecule has 0 radical (unpaired) electrons. The minimum atomic E-state index is -0.542. The van der Waals surface area contributed by atoms with Gasteiger partial charge in [0.1, 0.15) is 0 Å². The molecule has 0 saturated heterocycles. The number of aromatic nitrogens is 2. The Balaban J connectivity index is 2.43. The van der Waals surface area contributed by atoms with Gasteiger partial charge in [-0.15, -0.1) is 10.2 Å². The number of hydrogen-bond donors (Lipinski definition) is 2. The number of thioether (sulfide) groups is 1. The second-order valence-corrected chi connectivity index (χ2v) is 6.05. The third-order valence-corrected chi connectivity index (χ3v) is 4.14. The Labute approximate surface area is 125 Å². The SMILES string of the molecule is CCCC(N)C(=O)Nc1nnc(SCC(=O)OCC)s1. The van der Waals surface area contributed by atoms with Crippen molar-refractivity contribution in [1.29, 1.82) is 0 Å². The standard InChI is InChI=1S/C11H18N4O3S2/c1-3-5-7(12)9(17)13-10-14-15-11(20-10)19-6-8(16)18-4-2/h7H,3-6,12H2,1-2H3,(H,13,14,17). The first-order valence-electron chi connectivity index (χ1n) is 6.25. The van der Waals surface area contributed by atoms with Crippen LogP contribution in [0, 0.1) is 0 Å². The molecule has 0 spiro atoms. The topological polar surface area (TPSA) is 107 Å². The van der Waals surface area contributed by atoms with Crippen LogP contribution in [-0.2, 0) is 14.3 Å². The lowest BCUT2D eigenvalue weighted by Crippen LogP contribution is -2.35. The van der Waals surface area contributed by atoms with Crippen molar-refractivity contribution >= 4 is 40.1 Å². The predicted molar refractivity (Wildman–Crippen MR) is 78.8 cm³/mol. The van der Waals surface area contributed by atoms with Crippen LogP contribution < -0.4 is 11.1 Å². The highest BCUT2D eigenvalue weighted by molar-refractivity contribution is 8.01. The summed E-state index contributed by atoms with van der Waals surface area (Å²) in [6, 6.07) is -0.542. The molecular formula is C11H18N4O3S2. The molecule has 9 heteroatoms. The second kappa shape index (κ2) is 8.88. The van der Waals surface area contributed by atoms with Crippen LogP contribution in [0.2, 0.25) is 0 Å². The van der Waals surface area contributed by atoms with Gasteiger partial charge in [-0.1, -0.05) is 36.4 Å². The van der Waals surface area contributed by atoms with Crippen molar-refractivity contribution in [3.63, 3.8) is 0 Å². The first-order chi connectivity index (χ1) is 9.56. The average molecular weight is 318 g/mol. The molecule has 1 atom stereocenters. The average Bonchev–Trinajstić information content (AvgIpc) is 2.84.